The molecule has 1 aliphatic heterocycles. The quantitative estimate of drug-likeness (QED) is 0.532. The van der Waals surface area contributed by atoms with Crippen LogP contribution in [0.3, 0.4) is 0 Å². The van der Waals surface area contributed by atoms with Gasteiger partial charge in [0.25, 0.3) is 0 Å². The van der Waals surface area contributed by atoms with Gasteiger partial charge in [-0.3, -0.25) is 4.79 Å². The number of aryl methyl sites for hydroxylation is 1. The summed E-state index contributed by atoms with van der Waals surface area (Å²) in [6, 6.07) is 12.8. The van der Waals surface area contributed by atoms with E-state index in [9.17, 15) is 18.0 Å². The number of sulfonamides is 1. The van der Waals surface area contributed by atoms with Gasteiger partial charge in [0.05, 0.1) is 10.5 Å². The van der Waals surface area contributed by atoms with Gasteiger partial charge in [0.1, 0.15) is 0 Å². The normalized spacial score (nSPS) is 16.2. The third kappa shape index (κ3) is 4.92. The topological polar surface area (TPSA) is 80.8 Å². The third-order valence-corrected chi connectivity index (χ3v) is 6.91. The van der Waals surface area contributed by atoms with E-state index < -0.39 is 22.1 Å². The zero-order chi connectivity index (χ0) is 21.0. The summed E-state index contributed by atoms with van der Waals surface area (Å²) in [6.45, 7) is 4.40. The second kappa shape index (κ2) is 8.88. The first-order valence-electron chi connectivity index (χ1n) is 9.71. The summed E-state index contributed by atoms with van der Waals surface area (Å²) in [7, 11) is -3.65. The zero-order valence-electron chi connectivity index (χ0n) is 16.6. The molecule has 2 aromatic carbocycles. The summed E-state index contributed by atoms with van der Waals surface area (Å²) in [5.74, 6) is -1.04. The molecule has 1 aliphatic rings. The van der Waals surface area contributed by atoms with Crippen molar-refractivity contribution in [2.45, 2.75) is 44.1 Å². The maximum atomic E-state index is 12.8. The van der Waals surface area contributed by atoms with Crippen LogP contribution in [-0.2, 0) is 14.8 Å². The lowest BCUT2D eigenvalue weighted by Crippen LogP contribution is -2.35. The van der Waals surface area contributed by atoms with Gasteiger partial charge in [-0.2, -0.15) is 4.31 Å². The molecule has 3 rings (SSSR count). The first kappa shape index (κ1) is 21.2. The predicted octanol–water partition coefficient (Wildman–Crippen LogP) is 3.60. The number of benzene rings is 2. The summed E-state index contributed by atoms with van der Waals surface area (Å²) in [5, 5.41) is 0. The van der Waals surface area contributed by atoms with Crippen molar-refractivity contribution in [3.05, 3.63) is 65.2 Å². The number of hydrogen-bond acceptors (Lipinski definition) is 5. The minimum Gasteiger partial charge on any atom is -0.451 e. The number of hydrogen-bond donors (Lipinski definition) is 0. The van der Waals surface area contributed by atoms with Gasteiger partial charge < -0.3 is 4.74 Å². The molecule has 0 aliphatic carbocycles. The first-order chi connectivity index (χ1) is 13.8. The van der Waals surface area contributed by atoms with Gasteiger partial charge in [-0.15, -0.1) is 0 Å². The summed E-state index contributed by atoms with van der Waals surface area (Å²) < 4.78 is 32.4. The van der Waals surface area contributed by atoms with Crippen molar-refractivity contribution in [3.8, 4) is 0 Å². The molecule has 0 aromatic heterocycles. The van der Waals surface area contributed by atoms with E-state index in [2.05, 4.69) is 0 Å². The lowest BCUT2D eigenvalue weighted by atomic mass is 10.1. The Labute approximate surface area is 171 Å². The van der Waals surface area contributed by atoms with Gasteiger partial charge >= 0.3 is 5.97 Å². The second-order valence-corrected chi connectivity index (χ2v) is 9.21. The van der Waals surface area contributed by atoms with Crippen LogP contribution in [0.25, 0.3) is 0 Å². The third-order valence-electron chi connectivity index (χ3n) is 5.01. The molecule has 0 N–H and O–H groups in total. The van der Waals surface area contributed by atoms with Crippen molar-refractivity contribution in [1.29, 1.82) is 0 Å². The molecule has 0 radical (unpaired) electrons. The SMILES string of the molecule is Cc1ccc(C(=O)[C@H](C)OC(=O)c2cccc(S(=O)(=O)N3CCCCC3)c2)cc1. The van der Waals surface area contributed by atoms with E-state index in [1.165, 1.54) is 35.5 Å². The van der Waals surface area contributed by atoms with Crippen LogP contribution >= 0.6 is 0 Å². The Hall–Kier alpha value is -2.51. The van der Waals surface area contributed by atoms with Crippen LogP contribution in [-0.4, -0.2) is 43.7 Å². The maximum absolute atomic E-state index is 12.8. The summed E-state index contributed by atoms with van der Waals surface area (Å²) in [5.41, 5.74) is 1.59. The molecular weight excluding hydrogens is 390 g/mol. The van der Waals surface area contributed by atoms with Gasteiger partial charge in [0, 0.05) is 18.7 Å². The number of carbonyl (C=O) groups is 2. The molecule has 1 fully saturated rings. The molecule has 1 atom stereocenters. The Morgan fingerprint density at radius 3 is 2.28 bits per heavy atom. The number of nitrogens with zero attached hydrogens (tertiary/aromatic N) is 1. The molecule has 2 aromatic rings. The van der Waals surface area contributed by atoms with E-state index >= 15 is 0 Å². The molecule has 0 spiro atoms. The maximum Gasteiger partial charge on any atom is 0.338 e. The fraction of sp³-hybridized carbons (Fsp3) is 0.364. The number of esters is 1. The van der Waals surface area contributed by atoms with Crippen molar-refractivity contribution >= 4 is 21.8 Å². The lowest BCUT2D eigenvalue weighted by Gasteiger charge is -2.26. The Bertz CT molecular complexity index is 992. The van der Waals surface area contributed by atoms with Crippen LogP contribution < -0.4 is 0 Å². The largest absolute Gasteiger partial charge is 0.451 e. The van der Waals surface area contributed by atoms with Crippen molar-refractivity contribution in [2.75, 3.05) is 13.1 Å². The Balaban J connectivity index is 1.73. The highest BCUT2D eigenvalue weighted by atomic mass is 32.2. The molecule has 154 valence electrons. The van der Waals surface area contributed by atoms with Crippen LogP contribution in [0.15, 0.2) is 53.4 Å². The number of piperidine rings is 1. The van der Waals surface area contributed by atoms with E-state index in [4.69, 9.17) is 4.74 Å². The first-order valence-corrected chi connectivity index (χ1v) is 11.1. The highest BCUT2D eigenvalue weighted by Gasteiger charge is 2.27. The summed E-state index contributed by atoms with van der Waals surface area (Å²) >= 11 is 0. The number of ketones is 1. The van der Waals surface area contributed by atoms with Gasteiger partial charge in [0.15, 0.2) is 6.10 Å². The molecular formula is C22H25NO5S. The fourth-order valence-electron chi connectivity index (χ4n) is 3.27. The van der Waals surface area contributed by atoms with Gasteiger partial charge in [-0.1, -0.05) is 42.3 Å². The monoisotopic (exact) mass is 415 g/mol. The van der Waals surface area contributed by atoms with Crippen molar-refractivity contribution < 1.29 is 22.7 Å². The smallest absolute Gasteiger partial charge is 0.338 e. The zero-order valence-corrected chi connectivity index (χ0v) is 17.4. The fourth-order valence-corrected chi connectivity index (χ4v) is 4.84. The van der Waals surface area contributed by atoms with E-state index in [1.54, 1.807) is 12.1 Å². The minimum atomic E-state index is -3.65. The molecule has 6 nitrogen and oxygen atoms in total. The van der Waals surface area contributed by atoms with E-state index in [-0.39, 0.29) is 16.2 Å². The van der Waals surface area contributed by atoms with Gasteiger partial charge in [0.2, 0.25) is 15.8 Å². The Morgan fingerprint density at radius 2 is 1.62 bits per heavy atom. The average Bonchev–Trinajstić information content (AvgIpc) is 2.74. The van der Waals surface area contributed by atoms with Crippen LogP contribution in [0.2, 0.25) is 0 Å². The molecule has 0 unspecified atom stereocenters. The van der Waals surface area contributed by atoms with E-state index in [0.29, 0.717) is 18.7 Å². The Morgan fingerprint density at radius 1 is 0.966 bits per heavy atom. The molecule has 0 saturated carbocycles. The predicted molar refractivity (Wildman–Crippen MR) is 109 cm³/mol. The summed E-state index contributed by atoms with van der Waals surface area (Å²) in [4.78, 5) is 25.1. The van der Waals surface area contributed by atoms with Crippen LogP contribution in [0.4, 0.5) is 0 Å². The van der Waals surface area contributed by atoms with Crippen LogP contribution in [0.5, 0.6) is 0 Å². The molecule has 7 heteroatoms. The van der Waals surface area contributed by atoms with Crippen LogP contribution in [0, 0.1) is 6.92 Å². The molecule has 1 heterocycles. The highest BCUT2D eigenvalue weighted by molar-refractivity contribution is 7.89. The van der Waals surface area contributed by atoms with Crippen molar-refractivity contribution in [3.63, 3.8) is 0 Å². The standard InChI is InChI=1S/C22H25NO5S/c1-16-9-11-18(12-10-16)21(24)17(2)28-22(25)19-7-6-8-20(15-19)29(26,27)23-13-4-3-5-14-23/h6-12,15,17H,3-5,13-14H2,1-2H3/t17-/m0/s1. The lowest BCUT2D eigenvalue weighted by molar-refractivity contribution is 0.0318. The van der Waals surface area contributed by atoms with Crippen molar-refractivity contribution in [2.24, 2.45) is 0 Å². The Kier molecular flexibility index (Phi) is 6.49. The second-order valence-electron chi connectivity index (χ2n) is 7.27. The molecule has 1 saturated heterocycles. The number of Topliss-reactive ketones (excluding diaryl/α,β-unsaturated/α-hetero) is 1. The van der Waals surface area contributed by atoms with Crippen LogP contribution in [0.1, 0.15) is 52.5 Å². The van der Waals surface area contributed by atoms with Gasteiger partial charge in [-0.25, -0.2) is 13.2 Å². The average molecular weight is 416 g/mol. The number of rotatable bonds is 6. The summed E-state index contributed by atoms with van der Waals surface area (Å²) in [6.07, 6.45) is 1.71. The molecule has 29 heavy (non-hydrogen) atoms. The molecule has 0 bridgehead atoms. The van der Waals surface area contributed by atoms with E-state index in [1.807, 2.05) is 19.1 Å². The minimum absolute atomic E-state index is 0.0614. The van der Waals surface area contributed by atoms with Gasteiger partial charge in [-0.05, 0) is 44.9 Å². The van der Waals surface area contributed by atoms with E-state index in [0.717, 1.165) is 24.8 Å². The number of ether oxygens (including phenoxy) is 1. The molecule has 0 amide bonds. The highest BCUT2D eigenvalue weighted by Crippen LogP contribution is 2.22. The van der Waals surface area contributed by atoms with Crippen molar-refractivity contribution in [1.82, 2.24) is 4.31 Å². The number of carbonyl (C=O) groups excluding carboxylic acids is 2.